The van der Waals surface area contributed by atoms with Crippen LogP contribution in [0.15, 0.2) is 18.2 Å². The Morgan fingerprint density at radius 2 is 2.08 bits per heavy atom. The number of likely N-dealkylation sites (tertiary alicyclic amines) is 1. The fourth-order valence-corrected chi connectivity index (χ4v) is 4.54. The highest BCUT2D eigenvalue weighted by atomic mass is 32.1. The number of anilines is 2. The Bertz CT molecular complexity index is 751. The lowest BCUT2D eigenvalue weighted by atomic mass is 10.3. The van der Waals surface area contributed by atoms with Crippen LogP contribution < -0.4 is 10.2 Å². The first-order chi connectivity index (χ1) is 12.2. The number of carbonyl (C=O) groups is 1. The fraction of sp³-hybridized carbons (Fsp3) is 0.500. The summed E-state index contributed by atoms with van der Waals surface area (Å²) < 4.78 is 0. The van der Waals surface area contributed by atoms with Crippen molar-refractivity contribution in [2.45, 2.75) is 26.2 Å². The number of aromatic nitrogens is 2. The van der Waals surface area contributed by atoms with Crippen LogP contribution in [0.25, 0.3) is 0 Å². The van der Waals surface area contributed by atoms with E-state index in [4.69, 9.17) is 0 Å². The Morgan fingerprint density at radius 3 is 2.84 bits per heavy atom. The number of hydrogen-bond donors (Lipinski definition) is 1. The van der Waals surface area contributed by atoms with E-state index in [1.807, 2.05) is 25.1 Å². The molecular formula is C18H23N5OS. The standard InChI is InChI=1S/C18H23N5OS/c1-13-4-5-17(21-20-13)23-10-6-15-14(23)12-16(25-15)18(24)19-7-11-22-8-2-3-9-22/h4-5,12H,2-3,6-11H2,1H3,(H,19,24). The van der Waals surface area contributed by atoms with Crippen molar-refractivity contribution >= 4 is 28.7 Å². The molecule has 0 aromatic carbocycles. The number of rotatable bonds is 5. The molecule has 1 fully saturated rings. The average Bonchev–Trinajstić information content (AvgIpc) is 3.32. The predicted molar refractivity (Wildman–Crippen MR) is 99.8 cm³/mol. The first kappa shape index (κ1) is 16.5. The maximum atomic E-state index is 12.4. The number of aryl methyl sites for hydroxylation is 1. The van der Waals surface area contributed by atoms with Gasteiger partial charge in [-0.05, 0) is 51.1 Å². The molecule has 0 aliphatic carbocycles. The van der Waals surface area contributed by atoms with Gasteiger partial charge in [0, 0.05) is 30.9 Å². The number of fused-ring (bicyclic) bond motifs is 1. The largest absolute Gasteiger partial charge is 0.350 e. The van der Waals surface area contributed by atoms with Crippen LogP contribution in [0.2, 0.25) is 0 Å². The van der Waals surface area contributed by atoms with Gasteiger partial charge in [-0.1, -0.05) is 0 Å². The molecule has 2 aromatic rings. The van der Waals surface area contributed by atoms with Gasteiger partial charge in [0.05, 0.1) is 16.3 Å². The van der Waals surface area contributed by atoms with Crippen molar-refractivity contribution in [3.8, 4) is 0 Å². The van der Waals surface area contributed by atoms with Gasteiger partial charge in [0.25, 0.3) is 5.91 Å². The van der Waals surface area contributed by atoms with Crippen LogP contribution in [0.5, 0.6) is 0 Å². The molecule has 1 N–H and O–H groups in total. The minimum Gasteiger partial charge on any atom is -0.350 e. The molecule has 2 aliphatic rings. The van der Waals surface area contributed by atoms with E-state index in [9.17, 15) is 4.79 Å². The zero-order valence-corrected chi connectivity index (χ0v) is 15.3. The Morgan fingerprint density at radius 1 is 1.24 bits per heavy atom. The molecule has 132 valence electrons. The molecule has 0 spiro atoms. The Balaban J connectivity index is 1.40. The maximum Gasteiger partial charge on any atom is 0.261 e. The van der Waals surface area contributed by atoms with E-state index in [2.05, 4.69) is 25.3 Å². The number of nitrogens with one attached hydrogen (secondary N) is 1. The molecule has 2 aliphatic heterocycles. The van der Waals surface area contributed by atoms with Crippen LogP contribution in [0.1, 0.15) is 33.1 Å². The summed E-state index contributed by atoms with van der Waals surface area (Å²) in [5.74, 6) is 0.886. The number of amides is 1. The summed E-state index contributed by atoms with van der Waals surface area (Å²) in [5.41, 5.74) is 2.01. The van der Waals surface area contributed by atoms with E-state index in [1.54, 1.807) is 11.3 Å². The molecule has 4 heterocycles. The third-order valence-electron chi connectivity index (χ3n) is 4.84. The van der Waals surface area contributed by atoms with Gasteiger partial charge in [0.15, 0.2) is 5.82 Å². The summed E-state index contributed by atoms with van der Waals surface area (Å²) in [4.78, 5) is 19.1. The highest BCUT2D eigenvalue weighted by Gasteiger charge is 2.26. The number of hydrogen-bond acceptors (Lipinski definition) is 6. The van der Waals surface area contributed by atoms with Gasteiger partial charge in [0.2, 0.25) is 0 Å². The third-order valence-corrected chi connectivity index (χ3v) is 6.02. The summed E-state index contributed by atoms with van der Waals surface area (Å²) in [6.45, 7) is 6.82. The van der Waals surface area contributed by atoms with Crippen LogP contribution in [0, 0.1) is 6.92 Å². The van der Waals surface area contributed by atoms with E-state index in [-0.39, 0.29) is 5.91 Å². The zero-order valence-electron chi connectivity index (χ0n) is 14.5. The smallest absolute Gasteiger partial charge is 0.261 e. The van der Waals surface area contributed by atoms with Gasteiger partial charge >= 0.3 is 0 Å². The number of nitrogens with zero attached hydrogens (tertiary/aromatic N) is 4. The molecule has 25 heavy (non-hydrogen) atoms. The van der Waals surface area contributed by atoms with Gasteiger partial charge < -0.3 is 15.1 Å². The SMILES string of the molecule is Cc1ccc(N2CCc3sc(C(=O)NCCN4CCCC4)cc32)nn1. The van der Waals surface area contributed by atoms with Crippen molar-refractivity contribution in [2.75, 3.05) is 37.6 Å². The van der Waals surface area contributed by atoms with Crippen molar-refractivity contribution in [3.63, 3.8) is 0 Å². The van der Waals surface area contributed by atoms with Crippen molar-refractivity contribution < 1.29 is 4.79 Å². The second-order valence-electron chi connectivity index (χ2n) is 6.66. The Kier molecular flexibility index (Phi) is 4.67. The second kappa shape index (κ2) is 7.09. The van der Waals surface area contributed by atoms with Crippen molar-refractivity contribution in [1.82, 2.24) is 20.4 Å². The topological polar surface area (TPSA) is 61.4 Å². The first-order valence-electron chi connectivity index (χ1n) is 8.92. The molecule has 2 aromatic heterocycles. The summed E-state index contributed by atoms with van der Waals surface area (Å²) in [7, 11) is 0. The molecule has 0 unspecified atom stereocenters. The summed E-state index contributed by atoms with van der Waals surface area (Å²) in [6.07, 6.45) is 3.52. The van der Waals surface area contributed by atoms with Gasteiger partial charge in [-0.2, -0.15) is 5.10 Å². The monoisotopic (exact) mass is 357 g/mol. The molecule has 1 saturated heterocycles. The number of carbonyl (C=O) groups excluding carboxylic acids is 1. The van der Waals surface area contributed by atoms with E-state index in [0.717, 1.165) is 54.7 Å². The molecule has 0 saturated carbocycles. The predicted octanol–water partition coefficient (Wildman–Crippen LogP) is 2.37. The minimum atomic E-state index is 0.0357. The fourth-order valence-electron chi connectivity index (χ4n) is 3.47. The number of thiophene rings is 1. The van der Waals surface area contributed by atoms with Crippen molar-refractivity contribution in [1.29, 1.82) is 0 Å². The third kappa shape index (κ3) is 3.52. The lowest BCUT2D eigenvalue weighted by Gasteiger charge is -2.16. The van der Waals surface area contributed by atoms with E-state index in [0.29, 0.717) is 6.54 Å². The molecule has 0 bridgehead atoms. The van der Waals surface area contributed by atoms with E-state index >= 15 is 0 Å². The van der Waals surface area contributed by atoms with Crippen LogP contribution in [-0.4, -0.2) is 53.7 Å². The molecule has 0 atom stereocenters. The quantitative estimate of drug-likeness (QED) is 0.890. The first-order valence-corrected chi connectivity index (χ1v) is 9.73. The van der Waals surface area contributed by atoms with Crippen molar-refractivity contribution in [2.24, 2.45) is 0 Å². The van der Waals surface area contributed by atoms with E-state index in [1.165, 1.54) is 17.7 Å². The van der Waals surface area contributed by atoms with Crippen molar-refractivity contribution in [3.05, 3.63) is 33.6 Å². The molecule has 0 radical (unpaired) electrons. The van der Waals surface area contributed by atoms with Crippen LogP contribution in [0.3, 0.4) is 0 Å². The molecular weight excluding hydrogens is 334 g/mol. The Hall–Kier alpha value is -1.99. The maximum absolute atomic E-state index is 12.4. The molecule has 4 rings (SSSR count). The summed E-state index contributed by atoms with van der Waals surface area (Å²) >= 11 is 1.60. The van der Waals surface area contributed by atoms with Gasteiger partial charge in [-0.25, -0.2) is 0 Å². The zero-order chi connectivity index (χ0) is 17.2. The van der Waals surface area contributed by atoms with Gasteiger partial charge in [-0.3, -0.25) is 4.79 Å². The summed E-state index contributed by atoms with van der Waals surface area (Å²) in [6, 6.07) is 5.96. The highest BCUT2D eigenvalue weighted by molar-refractivity contribution is 7.14. The Labute approximate surface area is 151 Å². The van der Waals surface area contributed by atoms with Gasteiger partial charge in [0.1, 0.15) is 0 Å². The van der Waals surface area contributed by atoms with Crippen LogP contribution in [-0.2, 0) is 6.42 Å². The normalized spacial score (nSPS) is 17.1. The lowest BCUT2D eigenvalue weighted by molar-refractivity contribution is 0.0954. The minimum absolute atomic E-state index is 0.0357. The lowest BCUT2D eigenvalue weighted by Crippen LogP contribution is -2.33. The molecule has 7 heteroatoms. The van der Waals surface area contributed by atoms with Gasteiger partial charge in [-0.15, -0.1) is 16.4 Å². The van der Waals surface area contributed by atoms with Crippen LogP contribution in [0.4, 0.5) is 11.5 Å². The highest BCUT2D eigenvalue weighted by Crippen LogP contribution is 2.39. The second-order valence-corrected chi connectivity index (χ2v) is 7.80. The van der Waals surface area contributed by atoms with E-state index < -0.39 is 0 Å². The molecule has 1 amide bonds. The molecule has 6 nitrogen and oxygen atoms in total. The average molecular weight is 357 g/mol. The van der Waals surface area contributed by atoms with Crippen LogP contribution >= 0.6 is 11.3 Å². The summed E-state index contributed by atoms with van der Waals surface area (Å²) in [5, 5.41) is 11.5.